The lowest BCUT2D eigenvalue weighted by molar-refractivity contribution is -0.143. The predicted molar refractivity (Wildman–Crippen MR) is 128 cm³/mol. The summed E-state index contributed by atoms with van der Waals surface area (Å²) in [5.41, 5.74) is 11.4. The van der Waals surface area contributed by atoms with Crippen molar-refractivity contribution in [1.82, 2.24) is 25.9 Å². The molecule has 0 saturated carbocycles. The number of aromatic nitrogens is 2. The van der Waals surface area contributed by atoms with Gasteiger partial charge in [-0.2, -0.15) is 0 Å². The van der Waals surface area contributed by atoms with Crippen LogP contribution in [-0.4, -0.2) is 79.9 Å². The Kier molecular flexibility index (Phi) is 12.7. The third kappa shape index (κ3) is 12.0. The Morgan fingerprint density at radius 2 is 1.51 bits per heavy atom. The second-order valence-corrected chi connectivity index (χ2v) is 8.98. The van der Waals surface area contributed by atoms with Gasteiger partial charge in [0.1, 0.15) is 18.1 Å². The number of carbonyl (C=O) groups is 6. The van der Waals surface area contributed by atoms with E-state index >= 15 is 0 Å². The van der Waals surface area contributed by atoms with Gasteiger partial charge >= 0.3 is 11.9 Å². The van der Waals surface area contributed by atoms with Gasteiger partial charge in [0.05, 0.1) is 12.4 Å². The van der Waals surface area contributed by atoms with Gasteiger partial charge in [0.15, 0.2) is 0 Å². The first-order valence-electron chi connectivity index (χ1n) is 11.7. The molecule has 37 heavy (non-hydrogen) atoms. The summed E-state index contributed by atoms with van der Waals surface area (Å²) in [4.78, 5) is 78.6. The number of aromatic amines is 1. The minimum Gasteiger partial charge on any atom is -0.481 e. The minimum absolute atomic E-state index is 0.0352. The highest BCUT2D eigenvalue weighted by atomic mass is 16.4. The number of primary amides is 1. The van der Waals surface area contributed by atoms with Crippen LogP contribution in [0.15, 0.2) is 12.5 Å². The molecule has 4 atom stereocenters. The third-order valence-electron chi connectivity index (χ3n) is 5.25. The number of H-pyrrole nitrogens is 1. The van der Waals surface area contributed by atoms with Crippen molar-refractivity contribution in [3.8, 4) is 0 Å². The molecule has 1 aromatic rings. The molecule has 15 nitrogen and oxygen atoms in total. The lowest BCUT2D eigenvalue weighted by atomic mass is 10.0. The van der Waals surface area contributed by atoms with Gasteiger partial charge in [0.2, 0.25) is 23.6 Å². The number of carboxylic acids is 2. The Morgan fingerprint density at radius 3 is 2.03 bits per heavy atom. The molecule has 0 radical (unpaired) electrons. The van der Waals surface area contributed by atoms with Crippen molar-refractivity contribution in [1.29, 1.82) is 0 Å². The van der Waals surface area contributed by atoms with Crippen molar-refractivity contribution in [3.05, 3.63) is 18.2 Å². The summed E-state index contributed by atoms with van der Waals surface area (Å²) in [6.07, 6.45) is 1.92. The SMILES string of the molecule is CC(C)CC(NC(=O)C(Cc1cnc[nH]1)NC(=O)C(N)CCC(N)=O)C(=O)NC(CCC(=O)O)C(=O)O. The molecule has 0 spiro atoms. The number of imidazole rings is 1. The second kappa shape index (κ2) is 15.2. The number of nitrogens with zero attached hydrogens (tertiary/aromatic N) is 1. The van der Waals surface area contributed by atoms with Crippen LogP contribution in [0.5, 0.6) is 0 Å². The average molecular weight is 526 g/mol. The summed E-state index contributed by atoms with van der Waals surface area (Å²) < 4.78 is 0. The van der Waals surface area contributed by atoms with E-state index in [1.807, 2.05) is 0 Å². The summed E-state index contributed by atoms with van der Waals surface area (Å²) in [5.74, 6) is -5.66. The highest BCUT2D eigenvalue weighted by Crippen LogP contribution is 2.09. The van der Waals surface area contributed by atoms with Crippen molar-refractivity contribution in [2.45, 2.75) is 76.5 Å². The first-order chi connectivity index (χ1) is 17.3. The second-order valence-electron chi connectivity index (χ2n) is 8.98. The van der Waals surface area contributed by atoms with E-state index in [9.17, 15) is 33.9 Å². The topological polar surface area (TPSA) is 260 Å². The lowest BCUT2D eigenvalue weighted by Gasteiger charge is -2.26. The fourth-order valence-electron chi connectivity index (χ4n) is 3.31. The minimum atomic E-state index is -1.47. The molecule has 15 heteroatoms. The summed E-state index contributed by atoms with van der Waals surface area (Å²) >= 11 is 0. The Balaban J connectivity index is 3.03. The van der Waals surface area contributed by atoms with E-state index in [1.165, 1.54) is 12.5 Å². The summed E-state index contributed by atoms with van der Waals surface area (Å²) in [5, 5.41) is 25.5. The molecule has 4 amide bonds. The molecule has 1 aromatic heterocycles. The Labute approximate surface area is 213 Å². The van der Waals surface area contributed by atoms with E-state index in [-0.39, 0.29) is 38.0 Å². The zero-order valence-corrected chi connectivity index (χ0v) is 20.7. The van der Waals surface area contributed by atoms with Gasteiger partial charge in [-0.05, 0) is 25.2 Å². The number of rotatable bonds is 17. The van der Waals surface area contributed by atoms with Crippen LogP contribution in [-0.2, 0) is 35.2 Å². The molecule has 0 aliphatic heterocycles. The largest absolute Gasteiger partial charge is 0.481 e. The zero-order valence-electron chi connectivity index (χ0n) is 20.7. The lowest BCUT2D eigenvalue weighted by Crippen LogP contribution is -2.58. The van der Waals surface area contributed by atoms with Crippen molar-refractivity contribution in [2.24, 2.45) is 17.4 Å². The standard InChI is InChI=1S/C22H35N7O8/c1-11(2)7-15(20(34)27-14(22(36)37)4-6-18(31)32)29-21(35)16(8-12-9-25-10-26-12)28-19(33)13(23)3-5-17(24)30/h9-11,13-16H,3-8,23H2,1-2H3,(H2,24,30)(H,25,26)(H,27,34)(H,28,33)(H,29,35)(H,31,32)(H,36,37). The molecule has 0 aromatic carbocycles. The maximum absolute atomic E-state index is 13.2. The van der Waals surface area contributed by atoms with Crippen LogP contribution in [0, 0.1) is 5.92 Å². The molecule has 0 saturated heterocycles. The van der Waals surface area contributed by atoms with Crippen LogP contribution in [0.1, 0.15) is 51.6 Å². The first kappa shape index (κ1) is 31.0. The Hall–Kier alpha value is -4.01. The van der Waals surface area contributed by atoms with Crippen LogP contribution in [0.4, 0.5) is 0 Å². The normalized spacial score (nSPS) is 14.2. The average Bonchev–Trinajstić information content (AvgIpc) is 3.31. The van der Waals surface area contributed by atoms with Crippen LogP contribution in [0.2, 0.25) is 0 Å². The van der Waals surface area contributed by atoms with E-state index in [2.05, 4.69) is 25.9 Å². The maximum Gasteiger partial charge on any atom is 0.326 e. The quantitative estimate of drug-likeness (QED) is 0.111. The number of amides is 4. The van der Waals surface area contributed by atoms with Gasteiger partial charge in [0, 0.05) is 31.2 Å². The summed E-state index contributed by atoms with van der Waals surface area (Å²) in [6, 6.07) is -4.97. The van der Waals surface area contributed by atoms with Crippen molar-refractivity contribution >= 4 is 35.6 Å². The number of aliphatic carboxylic acids is 2. The van der Waals surface area contributed by atoms with Crippen molar-refractivity contribution in [3.63, 3.8) is 0 Å². The maximum atomic E-state index is 13.2. The van der Waals surface area contributed by atoms with E-state index < -0.39 is 66.2 Å². The fourth-order valence-corrected chi connectivity index (χ4v) is 3.31. The molecular weight excluding hydrogens is 490 g/mol. The van der Waals surface area contributed by atoms with Gasteiger partial charge in [-0.3, -0.25) is 24.0 Å². The number of nitrogens with one attached hydrogen (secondary N) is 4. The molecule has 206 valence electrons. The predicted octanol–water partition coefficient (Wildman–Crippen LogP) is -2.01. The van der Waals surface area contributed by atoms with Gasteiger partial charge in [-0.1, -0.05) is 13.8 Å². The zero-order chi connectivity index (χ0) is 28.1. The Morgan fingerprint density at radius 1 is 0.919 bits per heavy atom. The van der Waals surface area contributed by atoms with Gasteiger partial charge in [-0.25, -0.2) is 9.78 Å². The molecule has 10 N–H and O–H groups in total. The van der Waals surface area contributed by atoms with E-state index in [4.69, 9.17) is 16.6 Å². The van der Waals surface area contributed by atoms with Gasteiger partial charge < -0.3 is 42.6 Å². The fraction of sp³-hybridized carbons (Fsp3) is 0.591. The van der Waals surface area contributed by atoms with Crippen LogP contribution in [0.3, 0.4) is 0 Å². The molecule has 0 aliphatic carbocycles. The first-order valence-corrected chi connectivity index (χ1v) is 11.7. The summed E-state index contributed by atoms with van der Waals surface area (Å²) in [6.45, 7) is 3.57. The van der Waals surface area contributed by atoms with Crippen LogP contribution in [0.25, 0.3) is 0 Å². The van der Waals surface area contributed by atoms with Crippen LogP contribution < -0.4 is 27.4 Å². The van der Waals surface area contributed by atoms with Gasteiger partial charge in [-0.15, -0.1) is 0 Å². The monoisotopic (exact) mass is 525 g/mol. The summed E-state index contributed by atoms with van der Waals surface area (Å²) in [7, 11) is 0. The van der Waals surface area contributed by atoms with Crippen molar-refractivity contribution < 1.29 is 39.0 Å². The molecule has 0 fully saturated rings. The molecular formula is C22H35N7O8. The van der Waals surface area contributed by atoms with Gasteiger partial charge in [0.25, 0.3) is 0 Å². The van der Waals surface area contributed by atoms with E-state index in [0.717, 1.165) is 0 Å². The van der Waals surface area contributed by atoms with E-state index in [1.54, 1.807) is 13.8 Å². The number of carboxylic acid groups (broad SMARTS) is 2. The number of hydrogen-bond acceptors (Lipinski definition) is 8. The molecule has 0 aliphatic rings. The molecule has 4 unspecified atom stereocenters. The van der Waals surface area contributed by atoms with Crippen molar-refractivity contribution in [2.75, 3.05) is 0 Å². The number of carbonyl (C=O) groups excluding carboxylic acids is 4. The highest BCUT2D eigenvalue weighted by molar-refractivity contribution is 5.94. The number of hydrogen-bond donors (Lipinski definition) is 8. The van der Waals surface area contributed by atoms with Crippen LogP contribution >= 0.6 is 0 Å². The third-order valence-corrected chi connectivity index (χ3v) is 5.25. The number of nitrogens with two attached hydrogens (primary N) is 2. The molecule has 1 rings (SSSR count). The molecule has 0 bridgehead atoms. The Bertz CT molecular complexity index is 951. The van der Waals surface area contributed by atoms with E-state index in [0.29, 0.717) is 5.69 Å². The highest BCUT2D eigenvalue weighted by Gasteiger charge is 2.31. The smallest absolute Gasteiger partial charge is 0.326 e. The molecule has 1 heterocycles.